The third-order valence-corrected chi connectivity index (χ3v) is 2.47. The zero-order valence-electron chi connectivity index (χ0n) is 6.56. The molecule has 13 heavy (non-hydrogen) atoms. The molecule has 72 valence electrons. The molecule has 1 aromatic rings. The van der Waals surface area contributed by atoms with Crippen LogP contribution < -0.4 is 5.32 Å². The molecule has 0 spiro atoms. The summed E-state index contributed by atoms with van der Waals surface area (Å²) in [6.07, 6.45) is -2.26. The van der Waals surface area contributed by atoms with E-state index in [2.05, 4.69) is 10.3 Å². The van der Waals surface area contributed by atoms with Crippen molar-refractivity contribution in [2.24, 2.45) is 0 Å². The molecule has 1 aliphatic carbocycles. The van der Waals surface area contributed by atoms with Gasteiger partial charge in [-0.05, 0) is 12.8 Å². The minimum absolute atomic E-state index is 0.340. The Morgan fingerprint density at radius 3 is 2.62 bits per heavy atom. The maximum Gasteiger partial charge on any atom is 0.434 e. The van der Waals surface area contributed by atoms with Crippen molar-refractivity contribution in [2.75, 3.05) is 5.32 Å². The van der Waals surface area contributed by atoms with Gasteiger partial charge in [0.1, 0.15) is 0 Å². The highest BCUT2D eigenvalue weighted by Gasteiger charge is 2.34. The first-order valence-electron chi connectivity index (χ1n) is 3.85. The molecule has 0 saturated heterocycles. The number of halogens is 3. The molecule has 0 amide bonds. The Balaban J connectivity index is 2.08. The Bertz CT molecular complexity index is 303. The topological polar surface area (TPSA) is 24.9 Å². The first kappa shape index (κ1) is 8.80. The van der Waals surface area contributed by atoms with Crippen LogP contribution in [0.5, 0.6) is 0 Å². The molecule has 0 unspecified atom stereocenters. The number of aromatic nitrogens is 1. The van der Waals surface area contributed by atoms with Crippen LogP contribution in [0, 0.1) is 0 Å². The van der Waals surface area contributed by atoms with Crippen LogP contribution in [0.1, 0.15) is 18.5 Å². The Hall–Kier alpha value is -0.780. The summed E-state index contributed by atoms with van der Waals surface area (Å²) >= 11 is 1.00. The fourth-order valence-corrected chi connectivity index (χ4v) is 1.67. The summed E-state index contributed by atoms with van der Waals surface area (Å²) < 4.78 is 36.2. The van der Waals surface area contributed by atoms with Crippen LogP contribution in [-0.4, -0.2) is 11.0 Å². The summed E-state index contributed by atoms with van der Waals surface area (Å²) in [6, 6.07) is 0.340. The average Bonchev–Trinajstić information content (AvgIpc) is 2.63. The zero-order valence-corrected chi connectivity index (χ0v) is 7.37. The van der Waals surface area contributed by atoms with Crippen molar-refractivity contribution >= 4 is 16.5 Å². The van der Waals surface area contributed by atoms with Crippen molar-refractivity contribution in [3.63, 3.8) is 0 Å². The van der Waals surface area contributed by atoms with E-state index in [0.29, 0.717) is 11.2 Å². The Labute approximate surface area is 76.8 Å². The van der Waals surface area contributed by atoms with E-state index in [1.54, 1.807) is 0 Å². The van der Waals surface area contributed by atoms with Crippen molar-refractivity contribution in [2.45, 2.75) is 25.1 Å². The largest absolute Gasteiger partial charge is 0.434 e. The third kappa shape index (κ3) is 2.12. The van der Waals surface area contributed by atoms with Crippen molar-refractivity contribution in [3.8, 4) is 0 Å². The van der Waals surface area contributed by atoms with Gasteiger partial charge in [0.25, 0.3) is 0 Å². The van der Waals surface area contributed by atoms with E-state index in [9.17, 15) is 13.2 Å². The highest BCUT2D eigenvalue weighted by molar-refractivity contribution is 7.13. The number of hydrogen-bond acceptors (Lipinski definition) is 3. The highest BCUT2D eigenvalue weighted by Crippen LogP contribution is 2.33. The van der Waals surface area contributed by atoms with Crippen molar-refractivity contribution in [1.82, 2.24) is 4.98 Å². The van der Waals surface area contributed by atoms with Crippen molar-refractivity contribution in [1.29, 1.82) is 0 Å². The summed E-state index contributed by atoms with van der Waals surface area (Å²) in [5.41, 5.74) is -0.805. The molecule has 0 aromatic carbocycles. The summed E-state index contributed by atoms with van der Waals surface area (Å²) in [5, 5.41) is 4.32. The standard InChI is InChI=1S/C7H7F3N2S/c8-7(9,10)5-3-13-6(12-5)11-4-1-2-4/h3-4H,1-2H2,(H,11,12). The quantitative estimate of drug-likeness (QED) is 0.808. The van der Waals surface area contributed by atoms with Gasteiger partial charge in [0.2, 0.25) is 0 Å². The number of rotatable bonds is 2. The van der Waals surface area contributed by atoms with Gasteiger partial charge in [-0.3, -0.25) is 0 Å². The molecule has 0 bridgehead atoms. The number of anilines is 1. The third-order valence-electron chi connectivity index (χ3n) is 1.70. The van der Waals surface area contributed by atoms with Gasteiger partial charge >= 0.3 is 6.18 Å². The Kier molecular flexibility index (Phi) is 1.94. The van der Waals surface area contributed by atoms with E-state index in [-0.39, 0.29) is 0 Å². The lowest BCUT2D eigenvalue weighted by atomic mass is 10.5. The number of hydrogen-bond donors (Lipinski definition) is 1. The lowest BCUT2D eigenvalue weighted by Crippen LogP contribution is -2.06. The molecule has 1 aliphatic rings. The number of nitrogens with zero attached hydrogens (tertiary/aromatic N) is 1. The van der Waals surface area contributed by atoms with Gasteiger partial charge in [-0.2, -0.15) is 13.2 Å². The predicted molar refractivity (Wildman–Crippen MR) is 43.8 cm³/mol. The molecule has 1 heterocycles. The van der Waals surface area contributed by atoms with E-state index >= 15 is 0 Å². The van der Waals surface area contributed by atoms with Gasteiger partial charge in [0.05, 0.1) is 0 Å². The van der Waals surface area contributed by atoms with Crippen LogP contribution >= 0.6 is 11.3 Å². The average molecular weight is 208 g/mol. The van der Waals surface area contributed by atoms with E-state index in [4.69, 9.17) is 0 Å². The summed E-state index contributed by atoms with van der Waals surface area (Å²) in [7, 11) is 0. The maximum atomic E-state index is 12.1. The number of alkyl halides is 3. The second-order valence-electron chi connectivity index (χ2n) is 2.95. The van der Waals surface area contributed by atoms with Crippen molar-refractivity contribution < 1.29 is 13.2 Å². The Morgan fingerprint density at radius 2 is 2.15 bits per heavy atom. The van der Waals surface area contributed by atoms with Crippen molar-refractivity contribution in [3.05, 3.63) is 11.1 Å². The minimum atomic E-state index is -4.32. The SMILES string of the molecule is FC(F)(F)c1csc(NC2CC2)n1. The van der Waals surface area contributed by atoms with Gasteiger partial charge < -0.3 is 5.32 Å². The first-order valence-corrected chi connectivity index (χ1v) is 4.73. The molecule has 1 fully saturated rings. The van der Waals surface area contributed by atoms with Crippen LogP contribution in [0.15, 0.2) is 5.38 Å². The van der Waals surface area contributed by atoms with Crippen LogP contribution in [0.25, 0.3) is 0 Å². The fraction of sp³-hybridized carbons (Fsp3) is 0.571. The van der Waals surface area contributed by atoms with Gasteiger partial charge in [0.15, 0.2) is 10.8 Å². The van der Waals surface area contributed by atoms with E-state index in [1.807, 2.05) is 0 Å². The molecular weight excluding hydrogens is 201 g/mol. The molecule has 0 radical (unpaired) electrons. The second kappa shape index (κ2) is 2.87. The van der Waals surface area contributed by atoms with E-state index in [0.717, 1.165) is 29.6 Å². The van der Waals surface area contributed by atoms with Gasteiger partial charge in [0, 0.05) is 11.4 Å². The maximum absolute atomic E-state index is 12.1. The molecule has 0 atom stereocenters. The van der Waals surface area contributed by atoms with Gasteiger partial charge in [-0.25, -0.2) is 4.98 Å². The highest BCUT2D eigenvalue weighted by atomic mass is 32.1. The fourth-order valence-electron chi connectivity index (χ4n) is 0.873. The van der Waals surface area contributed by atoms with Gasteiger partial charge in [-0.1, -0.05) is 0 Å². The summed E-state index contributed by atoms with van der Waals surface area (Å²) in [5.74, 6) is 0. The molecule has 0 aliphatic heterocycles. The first-order chi connectivity index (χ1) is 6.05. The molecule has 1 N–H and O–H groups in total. The van der Waals surface area contributed by atoms with Crippen LogP contribution in [0.3, 0.4) is 0 Å². The van der Waals surface area contributed by atoms with Crippen LogP contribution in [0.2, 0.25) is 0 Å². The molecule has 2 rings (SSSR count). The zero-order chi connectivity index (χ0) is 9.47. The lowest BCUT2D eigenvalue weighted by molar-refractivity contribution is -0.140. The smallest absolute Gasteiger partial charge is 0.359 e. The minimum Gasteiger partial charge on any atom is -0.359 e. The summed E-state index contributed by atoms with van der Waals surface area (Å²) in [4.78, 5) is 3.44. The summed E-state index contributed by atoms with van der Waals surface area (Å²) in [6.45, 7) is 0. The van der Waals surface area contributed by atoms with Gasteiger partial charge in [-0.15, -0.1) is 11.3 Å². The Morgan fingerprint density at radius 1 is 1.46 bits per heavy atom. The molecule has 2 nitrogen and oxygen atoms in total. The monoisotopic (exact) mass is 208 g/mol. The predicted octanol–water partition coefficient (Wildman–Crippen LogP) is 2.74. The second-order valence-corrected chi connectivity index (χ2v) is 3.81. The lowest BCUT2D eigenvalue weighted by Gasteiger charge is -2.00. The molecular formula is C7H7F3N2S. The molecule has 6 heteroatoms. The van der Waals surface area contributed by atoms with E-state index in [1.165, 1.54) is 0 Å². The van der Waals surface area contributed by atoms with Crippen LogP contribution in [-0.2, 0) is 6.18 Å². The number of nitrogens with one attached hydrogen (secondary N) is 1. The molecule has 1 saturated carbocycles. The van der Waals surface area contributed by atoms with E-state index < -0.39 is 11.9 Å². The number of thiazole rings is 1. The normalized spacial score (nSPS) is 17.5. The molecule has 1 aromatic heterocycles. The van der Waals surface area contributed by atoms with Crippen LogP contribution in [0.4, 0.5) is 18.3 Å².